The number of rotatable bonds is 3. The van der Waals surface area contributed by atoms with Crippen LogP contribution in [0.5, 0.6) is 11.5 Å². The van der Waals surface area contributed by atoms with Crippen molar-refractivity contribution in [3.63, 3.8) is 0 Å². The Hall–Kier alpha value is -3.47. The molecular weight excluding hydrogens is 345 g/mol. The van der Waals surface area contributed by atoms with Crippen LogP contribution < -0.4 is 4.74 Å². The minimum absolute atomic E-state index is 0.301. The van der Waals surface area contributed by atoms with E-state index in [9.17, 15) is 9.18 Å². The monoisotopic (exact) mass is 361 g/mol. The van der Waals surface area contributed by atoms with Gasteiger partial charge in [-0.05, 0) is 48.9 Å². The summed E-state index contributed by atoms with van der Waals surface area (Å²) in [5.74, 6) is 0.340. The van der Waals surface area contributed by atoms with Crippen molar-refractivity contribution in [3.8, 4) is 22.6 Å². The van der Waals surface area contributed by atoms with Gasteiger partial charge in [0.15, 0.2) is 5.75 Å². The molecule has 5 heteroatoms. The Morgan fingerprint density at radius 3 is 2.59 bits per heavy atom. The number of aliphatic imine (C=N–C) groups is 1. The van der Waals surface area contributed by atoms with Gasteiger partial charge in [-0.3, -0.25) is 4.99 Å². The molecule has 0 aliphatic carbocycles. The normalized spacial score (nSPS) is 11.8. The predicted octanol–water partition coefficient (Wildman–Crippen LogP) is 5.53. The van der Waals surface area contributed by atoms with Crippen molar-refractivity contribution in [2.75, 3.05) is 6.61 Å². The summed E-state index contributed by atoms with van der Waals surface area (Å²) >= 11 is 0. The maximum absolute atomic E-state index is 14.7. The van der Waals surface area contributed by atoms with Crippen molar-refractivity contribution in [1.29, 1.82) is 0 Å². The Labute approximate surface area is 155 Å². The number of nitrogens with zero attached hydrogens (tertiary/aromatic N) is 1. The Morgan fingerprint density at radius 1 is 1.04 bits per heavy atom. The number of halogens is 1. The summed E-state index contributed by atoms with van der Waals surface area (Å²) in [6.45, 7) is 2.05. The number of ether oxygens (including phenoxy) is 2. The summed E-state index contributed by atoms with van der Waals surface area (Å²) in [6.07, 6.45) is 1.61. The Balaban J connectivity index is 1.79. The summed E-state index contributed by atoms with van der Waals surface area (Å²) in [4.78, 5) is 16.3. The number of para-hydroxylation sites is 2. The molecule has 3 aromatic rings. The first-order valence-electron chi connectivity index (χ1n) is 8.58. The highest BCUT2D eigenvalue weighted by Gasteiger charge is 2.19. The van der Waals surface area contributed by atoms with Gasteiger partial charge in [-0.15, -0.1) is 0 Å². The molecule has 0 radical (unpaired) electrons. The van der Waals surface area contributed by atoms with Crippen LogP contribution in [0.1, 0.15) is 22.8 Å². The van der Waals surface area contributed by atoms with E-state index in [1.807, 2.05) is 24.3 Å². The Bertz CT molecular complexity index is 1040. The predicted molar refractivity (Wildman–Crippen MR) is 102 cm³/mol. The Morgan fingerprint density at radius 2 is 1.81 bits per heavy atom. The maximum atomic E-state index is 14.7. The number of esters is 1. The molecule has 0 amide bonds. The van der Waals surface area contributed by atoms with Crippen molar-refractivity contribution < 1.29 is 18.7 Å². The van der Waals surface area contributed by atoms with Crippen molar-refractivity contribution in [2.45, 2.75) is 6.92 Å². The third-order valence-electron chi connectivity index (χ3n) is 4.26. The van der Waals surface area contributed by atoms with Crippen LogP contribution in [0.15, 0.2) is 65.7 Å². The minimum atomic E-state index is -0.406. The fourth-order valence-electron chi connectivity index (χ4n) is 2.97. The average molecular weight is 361 g/mol. The van der Waals surface area contributed by atoms with Gasteiger partial charge in [0.2, 0.25) is 0 Å². The average Bonchev–Trinajstić information content (AvgIpc) is 2.88. The van der Waals surface area contributed by atoms with Gasteiger partial charge in [0, 0.05) is 17.3 Å². The zero-order valence-corrected chi connectivity index (χ0v) is 14.6. The summed E-state index contributed by atoms with van der Waals surface area (Å²) < 4.78 is 25.6. The molecule has 1 aliphatic rings. The van der Waals surface area contributed by atoms with E-state index in [0.717, 1.165) is 0 Å². The molecule has 0 atom stereocenters. The van der Waals surface area contributed by atoms with E-state index >= 15 is 0 Å². The number of hydrogen-bond donors (Lipinski definition) is 0. The second-order valence-electron chi connectivity index (χ2n) is 5.96. The van der Waals surface area contributed by atoms with Crippen LogP contribution in [0.4, 0.5) is 10.1 Å². The van der Waals surface area contributed by atoms with Crippen molar-refractivity contribution in [2.24, 2.45) is 4.99 Å². The van der Waals surface area contributed by atoms with Crippen molar-refractivity contribution in [1.82, 2.24) is 0 Å². The third kappa shape index (κ3) is 3.19. The number of carbonyl (C=O) groups is 1. The second kappa shape index (κ2) is 7.03. The SMILES string of the molecule is CCOC(=O)c1ccc(-c2c(F)ccc3c2C=Nc2ccccc2O3)cc1. The molecule has 27 heavy (non-hydrogen) atoms. The molecule has 0 aromatic heterocycles. The minimum Gasteiger partial charge on any atom is -0.462 e. The van der Waals surface area contributed by atoms with Crippen LogP contribution >= 0.6 is 0 Å². The number of carbonyl (C=O) groups excluding carboxylic acids is 1. The summed E-state index contributed by atoms with van der Waals surface area (Å²) in [7, 11) is 0. The molecule has 0 unspecified atom stereocenters. The largest absolute Gasteiger partial charge is 0.462 e. The van der Waals surface area contributed by atoms with Crippen LogP contribution in [0.25, 0.3) is 11.1 Å². The highest BCUT2D eigenvalue weighted by atomic mass is 19.1. The molecule has 1 heterocycles. The summed E-state index contributed by atoms with van der Waals surface area (Å²) in [5, 5.41) is 0. The molecule has 3 aromatic carbocycles. The van der Waals surface area contributed by atoms with Crippen LogP contribution in [-0.4, -0.2) is 18.8 Å². The van der Waals surface area contributed by atoms with Gasteiger partial charge in [-0.1, -0.05) is 24.3 Å². The summed E-state index contributed by atoms with van der Waals surface area (Å²) in [6, 6.07) is 17.0. The molecule has 0 N–H and O–H groups in total. The van der Waals surface area contributed by atoms with Crippen molar-refractivity contribution >= 4 is 17.9 Å². The molecular formula is C22H16FNO3. The standard InChI is InChI=1S/C22H16FNO3/c1-2-26-22(25)15-9-7-14(8-10-15)21-16-13-24-18-5-3-4-6-20(18)27-19(16)12-11-17(21)23/h3-13H,2H2,1H3. The fourth-order valence-corrected chi connectivity index (χ4v) is 2.97. The second-order valence-corrected chi connectivity index (χ2v) is 5.96. The van der Waals surface area contributed by atoms with E-state index < -0.39 is 11.8 Å². The first-order valence-corrected chi connectivity index (χ1v) is 8.58. The zero-order valence-electron chi connectivity index (χ0n) is 14.6. The van der Waals surface area contributed by atoms with Gasteiger partial charge >= 0.3 is 5.97 Å². The van der Waals surface area contributed by atoms with E-state index in [2.05, 4.69) is 4.99 Å². The van der Waals surface area contributed by atoms with Crippen LogP contribution in [-0.2, 0) is 4.74 Å². The van der Waals surface area contributed by atoms with E-state index in [-0.39, 0.29) is 0 Å². The molecule has 4 rings (SSSR count). The number of hydrogen-bond acceptors (Lipinski definition) is 4. The van der Waals surface area contributed by atoms with E-state index in [1.165, 1.54) is 6.07 Å². The molecule has 0 fully saturated rings. The van der Waals surface area contributed by atoms with Crippen molar-refractivity contribution in [3.05, 3.63) is 77.6 Å². The van der Waals surface area contributed by atoms with E-state index in [0.29, 0.717) is 46.0 Å². The lowest BCUT2D eigenvalue weighted by molar-refractivity contribution is 0.0526. The van der Waals surface area contributed by atoms with Gasteiger partial charge in [0.1, 0.15) is 17.3 Å². The lowest BCUT2D eigenvalue weighted by atomic mass is 9.97. The quantitative estimate of drug-likeness (QED) is 0.451. The van der Waals surface area contributed by atoms with Gasteiger partial charge in [0.25, 0.3) is 0 Å². The van der Waals surface area contributed by atoms with Gasteiger partial charge in [-0.2, -0.15) is 0 Å². The molecule has 4 nitrogen and oxygen atoms in total. The first-order chi connectivity index (χ1) is 13.2. The molecule has 0 bridgehead atoms. The highest BCUT2D eigenvalue weighted by molar-refractivity contribution is 5.97. The zero-order chi connectivity index (χ0) is 18.8. The van der Waals surface area contributed by atoms with Gasteiger partial charge in [-0.25, -0.2) is 9.18 Å². The highest BCUT2D eigenvalue weighted by Crippen LogP contribution is 2.40. The number of fused-ring (bicyclic) bond motifs is 2. The topological polar surface area (TPSA) is 47.9 Å². The molecule has 1 aliphatic heterocycles. The van der Waals surface area contributed by atoms with Gasteiger partial charge in [0.05, 0.1) is 12.2 Å². The van der Waals surface area contributed by atoms with Crippen LogP contribution in [0, 0.1) is 5.82 Å². The van der Waals surface area contributed by atoms with Crippen LogP contribution in [0.3, 0.4) is 0 Å². The lowest BCUT2D eigenvalue weighted by Gasteiger charge is -2.13. The first kappa shape index (κ1) is 17.0. The summed E-state index contributed by atoms with van der Waals surface area (Å²) in [5.41, 5.74) is 2.64. The smallest absolute Gasteiger partial charge is 0.338 e. The number of benzene rings is 3. The van der Waals surface area contributed by atoms with Crippen LogP contribution in [0.2, 0.25) is 0 Å². The molecule has 134 valence electrons. The maximum Gasteiger partial charge on any atom is 0.338 e. The molecule has 0 saturated carbocycles. The molecule has 0 spiro atoms. The third-order valence-corrected chi connectivity index (χ3v) is 4.26. The van der Waals surface area contributed by atoms with E-state index in [1.54, 1.807) is 43.5 Å². The van der Waals surface area contributed by atoms with E-state index in [4.69, 9.17) is 9.47 Å². The Kier molecular flexibility index (Phi) is 4.42. The lowest BCUT2D eigenvalue weighted by Crippen LogP contribution is -2.04. The fraction of sp³-hybridized carbons (Fsp3) is 0.0909. The van der Waals surface area contributed by atoms with Gasteiger partial charge < -0.3 is 9.47 Å². The molecule has 0 saturated heterocycles.